The molecule has 5 nitrogen and oxygen atoms in total. The maximum atomic E-state index is 9.35. The van der Waals surface area contributed by atoms with Crippen LogP contribution in [0, 0.1) is 0 Å². The average molecular weight is 191 g/mol. The summed E-state index contributed by atoms with van der Waals surface area (Å²) in [5, 5.41) is 28.9. The highest BCUT2D eigenvalue weighted by Gasteiger charge is 2.32. The summed E-state index contributed by atoms with van der Waals surface area (Å²) in [4.78, 5) is 9.00. The first kappa shape index (κ1) is 12.3. The highest BCUT2D eigenvalue weighted by atomic mass is 16.4. The molecule has 13 heavy (non-hydrogen) atoms. The van der Waals surface area contributed by atoms with E-state index in [0.29, 0.717) is 13.0 Å². The SMILES string of the molecule is CC(=O)O.C[C@]1(O)CCNC[C@@H]1O. The average Bonchev–Trinajstić information content (AvgIpc) is 1.94. The summed E-state index contributed by atoms with van der Waals surface area (Å²) in [6, 6.07) is 0. The summed E-state index contributed by atoms with van der Waals surface area (Å²) in [7, 11) is 0. The topological polar surface area (TPSA) is 89.8 Å². The minimum Gasteiger partial charge on any atom is -0.481 e. The Morgan fingerprint density at radius 3 is 2.31 bits per heavy atom. The van der Waals surface area contributed by atoms with Crippen LogP contribution in [0.5, 0.6) is 0 Å². The van der Waals surface area contributed by atoms with Gasteiger partial charge in [-0.2, -0.15) is 0 Å². The first-order valence-corrected chi connectivity index (χ1v) is 4.17. The van der Waals surface area contributed by atoms with Gasteiger partial charge in [-0.1, -0.05) is 0 Å². The van der Waals surface area contributed by atoms with Crippen LogP contribution in [-0.4, -0.2) is 46.1 Å². The van der Waals surface area contributed by atoms with Crippen LogP contribution in [0.15, 0.2) is 0 Å². The fourth-order valence-corrected chi connectivity index (χ4v) is 0.967. The van der Waals surface area contributed by atoms with Crippen molar-refractivity contribution in [2.24, 2.45) is 0 Å². The molecule has 0 bridgehead atoms. The van der Waals surface area contributed by atoms with Gasteiger partial charge < -0.3 is 20.6 Å². The Morgan fingerprint density at radius 1 is 1.62 bits per heavy atom. The number of carbonyl (C=O) groups is 1. The lowest BCUT2D eigenvalue weighted by molar-refractivity contribution is -0.134. The van der Waals surface area contributed by atoms with Crippen LogP contribution < -0.4 is 5.32 Å². The largest absolute Gasteiger partial charge is 0.481 e. The van der Waals surface area contributed by atoms with Crippen LogP contribution >= 0.6 is 0 Å². The number of piperidine rings is 1. The number of hydrogen-bond donors (Lipinski definition) is 4. The number of carboxylic acids is 1. The number of rotatable bonds is 0. The molecule has 5 heteroatoms. The Bertz CT molecular complexity index is 166. The molecule has 1 aliphatic heterocycles. The van der Waals surface area contributed by atoms with Crippen molar-refractivity contribution in [3.8, 4) is 0 Å². The van der Waals surface area contributed by atoms with Crippen molar-refractivity contribution < 1.29 is 20.1 Å². The Hall–Kier alpha value is -0.650. The van der Waals surface area contributed by atoms with E-state index >= 15 is 0 Å². The van der Waals surface area contributed by atoms with Crippen LogP contribution in [-0.2, 0) is 4.79 Å². The summed E-state index contributed by atoms with van der Waals surface area (Å²) >= 11 is 0. The zero-order chi connectivity index (χ0) is 10.5. The van der Waals surface area contributed by atoms with E-state index in [4.69, 9.17) is 15.0 Å². The molecule has 0 aromatic rings. The quantitative estimate of drug-likeness (QED) is 0.402. The fraction of sp³-hybridized carbons (Fsp3) is 0.875. The smallest absolute Gasteiger partial charge is 0.300 e. The second kappa shape index (κ2) is 5.16. The van der Waals surface area contributed by atoms with Gasteiger partial charge in [0.05, 0.1) is 11.7 Å². The van der Waals surface area contributed by atoms with E-state index in [1.54, 1.807) is 6.92 Å². The molecule has 1 heterocycles. The molecule has 1 saturated heterocycles. The lowest BCUT2D eigenvalue weighted by Gasteiger charge is -2.33. The van der Waals surface area contributed by atoms with Crippen LogP contribution in [0.4, 0.5) is 0 Å². The molecule has 1 fully saturated rings. The molecule has 0 radical (unpaired) electrons. The minimum atomic E-state index is -0.870. The third kappa shape index (κ3) is 5.57. The van der Waals surface area contributed by atoms with E-state index in [1.807, 2.05) is 0 Å². The van der Waals surface area contributed by atoms with E-state index < -0.39 is 17.7 Å². The van der Waals surface area contributed by atoms with E-state index in [1.165, 1.54) is 0 Å². The predicted octanol–water partition coefficient (Wildman–Crippen LogP) is -0.817. The normalized spacial score (nSPS) is 33.1. The second-order valence-electron chi connectivity index (χ2n) is 3.35. The zero-order valence-corrected chi connectivity index (χ0v) is 7.95. The first-order chi connectivity index (χ1) is 5.86. The third-order valence-corrected chi connectivity index (χ3v) is 1.86. The summed E-state index contributed by atoms with van der Waals surface area (Å²) in [5.74, 6) is -0.833. The van der Waals surface area contributed by atoms with Crippen molar-refractivity contribution >= 4 is 5.97 Å². The van der Waals surface area contributed by atoms with Gasteiger partial charge >= 0.3 is 0 Å². The molecule has 0 aromatic heterocycles. The van der Waals surface area contributed by atoms with Crippen molar-refractivity contribution in [3.05, 3.63) is 0 Å². The Balaban J connectivity index is 0.000000310. The summed E-state index contributed by atoms with van der Waals surface area (Å²) < 4.78 is 0. The molecule has 0 amide bonds. The number of aliphatic carboxylic acids is 1. The van der Waals surface area contributed by atoms with Gasteiger partial charge in [-0.3, -0.25) is 4.79 Å². The van der Waals surface area contributed by atoms with Gasteiger partial charge in [0.15, 0.2) is 0 Å². The van der Waals surface area contributed by atoms with E-state index in [-0.39, 0.29) is 0 Å². The van der Waals surface area contributed by atoms with E-state index in [9.17, 15) is 5.11 Å². The molecule has 4 N–H and O–H groups in total. The predicted molar refractivity (Wildman–Crippen MR) is 47.4 cm³/mol. The Morgan fingerprint density at radius 2 is 2.08 bits per heavy atom. The number of aliphatic hydroxyl groups excluding tert-OH is 1. The van der Waals surface area contributed by atoms with Crippen LogP contribution in [0.2, 0.25) is 0 Å². The molecule has 1 aliphatic rings. The molecule has 1 rings (SSSR count). The lowest BCUT2D eigenvalue weighted by atomic mass is 9.92. The Kier molecular flexibility index (Phi) is 4.90. The summed E-state index contributed by atoms with van der Waals surface area (Å²) in [6.45, 7) is 4.05. The summed E-state index contributed by atoms with van der Waals surface area (Å²) in [5.41, 5.74) is -0.870. The van der Waals surface area contributed by atoms with Crippen LogP contribution in [0.25, 0.3) is 0 Å². The van der Waals surface area contributed by atoms with E-state index in [0.717, 1.165) is 13.5 Å². The van der Waals surface area contributed by atoms with Gasteiger partial charge in [0, 0.05) is 13.5 Å². The van der Waals surface area contributed by atoms with Gasteiger partial charge in [0.25, 0.3) is 5.97 Å². The monoisotopic (exact) mass is 191 g/mol. The van der Waals surface area contributed by atoms with Crippen molar-refractivity contribution in [2.45, 2.75) is 32.0 Å². The van der Waals surface area contributed by atoms with Crippen molar-refractivity contribution in [2.75, 3.05) is 13.1 Å². The molecule has 2 atom stereocenters. The number of aliphatic hydroxyl groups is 2. The zero-order valence-electron chi connectivity index (χ0n) is 7.95. The minimum absolute atomic E-state index is 0.507. The molecule has 0 unspecified atom stereocenters. The number of β-amino-alcohol motifs (C(OH)–C–C–N with tert-alkyl or cyclic N) is 1. The van der Waals surface area contributed by atoms with Crippen LogP contribution in [0.3, 0.4) is 0 Å². The first-order valence-electron chi connectivity index (χ1n) is 4.17. The molecule has 0 saturated carbocycles. The maximum absolute atomic E-state index is 9.35. The van der Waals surface area contributed by atoms with Gasteiger partial charge in [-0.25, -0.2) is 0 Å². The molecular formula is C8H17NO4. The number of carboxylic acid groups (broad SMARTS) is 1. The highest BCUT2D eigenvalue weighted by Crippen LogP contribution is 2.16. The number of hydrogen-bond acceptors (Lipinski definition) is 4. The Labute approximate surface area is 77.4 Å². The van der Waals surface area contributed by atoms with Gasteiger partial charge in [0.1, 0.15) is 0 Å². The van der Waals surface area contributed by atoms with Crippen LogP contribution in [0.1, 0.15) is 20.3 Å². The lowest BCUT2D eigenvalue weighted by Crippen LogP contribution is -2.52. The van der Waals surface area contributed by atoms with Gasteiger partial charge in [0.2, 0.25) is 0 Å². The molecule has 78 valence electrons. The standard InChI is InChI=1S/C6H13NO2.C2H4O2/c1-6(9)2-3-7-4-5(6)8;1-2(3)4/h5,7-9H,2-4H2,1H3;1H3,(H,3,4)/t5-,6-;/m0./s1. The molecule has 0 aliphatic carbocycles. The van der Waals surface area contributed by atoms with Crippen molar-refractivity contribution in [1.82, 2.24) is 5.32 Å². The maximum Gasteiger partial charge on any atom is 0.300 e. The highest BCUT2D eigenvalue weighted by molar-refractivity contribution is 5.62. The molecular weight excluding hydrogens is 174 g/mol. The van der Waals surface area contributed by atoms with Gasteiger partial charge in [-0.15, -0.1) is 0 Å². The van der Waals surface area contributed by atoms with Crippen molar-refractivity contribution in [1.29, 1.82) is 0 Å². The number of nitrogens with one attached hydrogen (secondary N) is 1. The fourth-order valence-electron chi connectivity index (χ4n) is 0.967. The molecule has 0 spiro atoms. The van der Waals surface area contributed by atoms with Crippen molar-refractivity contribution in [3.63, 3.8) is 0 Å². The second-order valence-corrected chi connectivity index (χ2v) is 3.35. The molecule has 0 aromatic carbocycles. The van der Waals surface area contributed by atoms with Gasteiger partial charge in [-0.05, 0) is 19.9 Å². The van der Waals surface area contributed by atoms with E-state index in [2.05, 4.69) is 5.32 Å². The summed E-state index contributed by atoms with van der Waals surface area (Å²) in [6.07, 6.45) is 0.0278. The third-order valence-electron chi connectivity index (χ3n) is 1.86.